The summed E-state index contributed by atoms with van der Waals surface area (Å²) in [5.41, 5.74) is 0.528. The van der Waals surface area contributed by atoms with Crippen LogP contribution in [0.2, 0.25) is 0 Å². The van der Waals surface area contributed by atoms with Crippen molar-refractivity contribution in [2.45, 2.75) is 18.1 Å². The zero-order chi connectivity index (χ0) is 24.5. The normalized spacial score (nSPS) is 17.3. The lowest BCUT2D eigenvalue weighted by Gasteiger charge is -2.26. The van der Waals surface area contributed by atoms with Gasteiger partial charge in [-0.05, 0) is 36.8 Å². The molecule has 0 aromatic heterocycles. The Morgan fingerprint density at radius 1 is 1.09 bits per heavy atom. The summed E-state index contributed by atoms with van der Waals surface area (Å²) in [6, 6.07) is 7.72. The van der Waals surface area contributed by atoms with Gasteiger partial charge in [0.25, 0.3) is 5.91 Å². The fourth-order valence-corrected chi connectivity index (χ4v) is 5.03. The molecule has 0 radical (unpaired) electrons. The molecular weight excluding hydrogens is 478 g/mol. The number of alkyl halides is 2. The SMILES string of the molecule is Cc1ccc(C(=O)OCC(=O)Nc2ccc3c(c2)OC(F)(F)O3)cc1S(=O)(=O)N1CCOCC1. The van der Waals surface area contributed by atoms with Crippen LogP contribution in [0.5, 0.6) is 11.5 Å². The largest absolute Gasteiger partial charge is 0.586 e. The van der Waals surface area contributed by atoms with Gasteiger partial charge in [-0.1, -0.05) is 6.07 Å². The summed E-state index contributed by atoms with van der Waals surface area (Å²) in [5, 5.41) is 2.38. The predicted octanol–water partition coefficient (Wildman–Crippen LogP) is 2.13. The molecule has 0 unspecified atom stereocenters. The van der Waals surface area contributed by atoms with Gasteiger partial charge >= 0.3 is 12.3 Å². The van der Waals surface area contributed by atoms with Crippen LogP contribution in [-0.4, -0.2) is 63.8 Å². The number of hydrogen-bond acceptors (Lipinski definition) is 8. The molecule has 1 amide bonds. The van der Waals surface area contributed by atoms with Crippen LogP contribution >= 0.6 is 0 Å². The van der Waals surface area contributed by atoms with Gasteiger partial charge in [0, 0.05) is 24.8 Å². The first-order valence-electron chi connectivity index (χ1n) is 10.1. The number of nitrogens with one attached hydrogen (secondary N) is 1. The number of rotatable bonds is 6. The molecule has 0 spiro atoms. The second-order valence-corrected chi connectivity index (χ2v) is 9.36. The first kappa shape index (κ1) is 23.9. The van der Waals surface area contributed by atoms with E-state index in [-0.39, 0.29) is 53.9 Å². The lowest BCUT2D eigenvalue weighted by molar-refractivity contribution is -0.286. The summed E-state index contributed by atoms with van der Waals surface area (Å²) in [5.74, 6) is -2.09. The summed E-state index contributed by atoms with van der Waals surface area (Å²) >= 11 is 0. The molecule has 2 aromatic carbocycles. The number of morpholine rings is 1. The Balaban J connectivity index is 1.39. The van der Waals surface area contributed by atoms with Gasteiger partial charge < -0.3 is 24.3 Å². The van der Waals surface area contributed by atoms with Gasteiger partial charge in [-0.15, -0.1) is 8.78 Å². The number of aryl methyl sites for hydroxylation is 1. The van der Waals surface area contributed by atoms with Gasteiger partial charge in [0.15, 0.2) is 18.1 Å². The smallest absolute Gasteiger partial charge is 0.452 e. The third-order valence-corrected chi connectivity index (χ3v) is 7.07. The maximum atomic E-state index is 13.1. The topological polar surface area (TPSA) is 120 Å². The lowest BCUT2D eigenvalue weighted by atomic mass is 10.1. The number of anilines is 1. The molecule has 4 rings (SSSR count). The van der Waals surface area contributed by atoms with Crippen molar-refractivity contribution in [1.82, 2.24) is 4.31 Å². The van der Waals surface area contributed by atoms with Crippen molar-refractivity contribution in [1.29, 1.82) is 0 Å². The van der Waals surface area contributed by atoms with E-state index < -0.39 is 34.8 Å². The van der Waals surface area contributed by atoms with Crippen molar-refractivity contribution in [3.63, 3.8) is 0 Å². The van der Waals surface area contributed by atoms with Crippen LogP contribution in [0.15, 0.2) is 41.3 Å². The standard InChI is InChI=1S/C21H20F2N2O8S/c1-13-2-3-14(10-18(13)34(28,29)25-6-8-30-9-7-25)20(27)31-12-19(26)24-15-4-5-16-17(11-15)33-21(22,23)32-16/h2-5,10-11H,6-9,12H2,1H3,(H,24,26). The third kappa shape index (κ3) is 5.11. The molecule has 0 saturated carbocycles. The summed E-state index contributed by atoms with van der Waals surface area (Å²) in [6.45, 7) is 1.88. The van der Waals surface area contributed by atoms with E-state index >= 15 is 0 Å². The molecule has 2 aromatic rings. The minimum atomic E-state index is -3.84. The van der Waals surface area contributed by atoms with Crippen LogP contribution in [0, 0.1) is 6.92 Å². The summed E-state index contributed by atoms with van der Waals surface area (Å²) in [4.78, 5) is 24.5. The molecule has 0 atom stereocenters. The molecule has 2 aliphatic rings. The molecule has 34 heavy (non-hydrogen) atoms. The fourth-order valence-electron chi connectivity index (χ4n) is 3.37. The van der Waals surface area contributed by atoms with E-state index in [1.807, 2.05) is 0 Å². The Labute approximate surface area is 193 Å². The average Bonchev–Trinajstić information content (AvgIpc) is 3.11. The van der Waals surface area contributed by atoms with E-state index in [1.165, 1.54) is 34.6 Å². The summed E-state index contributed by atoms with van der Waals surface area (Å²) in [7, 11) is -3.84. The van der Waals surface area contributed by atoms with Crippen LogP contribution < -0.4 is 14.8 Å². The highest BCUT2D eigenvalue weighted by molar-refractivity contribution is 7.89. The van der Waals surface area contributed by atoms with Crippen LogP contribution in [0.1, 0.15) is 15.9 Å². The van der Waals surface area contributed by atoms with E-state index in [9.17, 15) is 26.8 Å². The van der Waals surface area contributed by atoms with Gasteiger partial charge in [-0.3, -0.25) is 4.79 Å². The Bertz CT molecular complexity index is 1230. The first-order chi connectivity index (χ1) is 16.0. The molecule has 10 nitrogen and oxygen atoms in total. The Hall–Kier alpha value is -3.29. The van der Waals surface area contributed by atoms with E-state index in [2.05, 4.69) is 14.8 Å². The minimum absolute atomic E-state index is 0.0366. The van der Waals surface area contributed by atoms with E-state index in [0.29, 0.717) is 5.56 Å². The molecule has 182 valence electrons. The zero-order valence-corrected chi connectivity index (χ0v) is 18.7. The minimum Gasteiger partial charge on any atom is -0.452 e. The van der Waals surface area contributed by atoms with Crippen LogP contribution in [-0.2, 0) is 24.3 Å². The Morgan fingerprint density at radius 3 is 2.53 bits per heavy atom. The zero-order valence-electron chi connectivity index (χ0n) is 17.9. The predicted molar refractivity (Wildman–Crippen MR) is 112 cm³/mol. The molecular formula is C21H20F2N2O8S. The van der Waals surface area contributed by atoms with Gasteiger partial charge in [-0.25, -0.2) is 13.2 Å². The maximum Gasteiger partial charge on any atom is 0.586 e. The number of esters is 1. The molecule has 1 N–H and O–H groups in total. The van der Waals surface area contributed by atoms with Crippen molar-refractivity contribution in [3.05, 3.63) is 47.5 Å². The highest BCUT2D eigenvalue weighted by atomic mass is 32.2. The number of hydrogen-bond donors (Lipinski definition) is 1. The second kappa shape index (κ2) is 9.16. The fraction of sp³-hybridized carbons (Fsp3) is 0.333. The highest BCUT2D eigenvalue weighted by Gasteiger charge is 2.43. The van der Waals surface area contributed by atoms with Crippen molar-refractivity contribution in [3.8, 4) is 11.5 Å². The van der Waals surface area contributed by atoms with Gasteiger partial charge in [0.05, 0.1) is 23.7 Å². The van der Waals surface area contributed by atoms with Crippen molar-refractivity contribution >= 4 is 27.6 Å². The molecule has 0 aliphatic carbocycles. The highest BCUT2D eigenvalue weighted by Crippen LogP contribution is 2.42. The van der Waals surface area contributed by atoms with Crippen LogP contribution in [0.3, 0.4) is 0 Å². The van der Waals surface area contributed by atoms with Gasteiger partial charge in [0.1, 0.15) is 0 Å². The average molecular weight is 498 g/mol. The number of fused-ring (bicyclic) bond motifs is 1. The molecule has 13 heteroatoms. The number of benzene rings is 2. The number of nitrogens with zero attached hydrogens (tertiary/aromatic N) is 1. The number of carbonyl (C=O) groups excluding carboxylic acids is 2. The summed E-state index contributed by atoms with van der Waals surface area (Å²) in [6.07, 6.45) is -3.79. The number of carbonyl (C=O) groups is 2. The molecule has 2 aliphatic heterocycles. The van der Waals surface area contributed by atoms with E-state index in [0.717, 1.165) is 6.07 Å². The number of ether oxygens (including phenoxy) is 4. The van der Waals surface area contributed by atoms with Gasteiger partial charge in [-0.2, -0.15) is 4.31 Å². The summed E-state index contributed by atoms with van der Waals surface area (Å²) < 4.78 is 72.2. The molecule has 2 heterocycles. The second-order valence-electron chi connectivity index (χ2n) is 7.45. The van der Waals surface area contributed by atoms with Crippen molar-refractivity contribution < 1.29 is 45.7 Å². The number of halogens is 2. The van der Waals surface area contributed by atoms with Gasteiger partial charge in [0.2, 0.25) is 10.0 Å². The number of sulfonamides is 1. The Morgan fingerprint density at radius 2 is 1.79 bits per heavy atom. The monoisotopic (exact) mass is 498 g/mol. The van der Waals surface area contributed by atoms with Crippen molar-refractivity contribution in [2.24, 2.45) is 0 Å². The first-order valence-corrected chi connectivity index (χ1v) is 11.5. The number of amides is 1. The lowest BCUT2D eigenvalue weighted by Crippen LogP contribution is -2.40. The molecule has 1 saturated heterocycles. The quantitative estimate of drug-likeness (QED) is 0.602. The molecule has 1 fully saturated rings. The van der Waals surface area contributed by atoms with E-state index in [4.69, 9.17) is 9.47 Å². The van der Waals surface area contributed by atoms with E-state index in [1.54, 1.807) is 6.92 Å². The maximum absolute atomic E-state index is 13.1. The molecule has 0 bridgehead atoms. The van der Waals surface area contributed by atoms with Crippen LogP contribution in [0.25, 0.3) is 0 Å². The van der Waals surface area contributed by atoms with Crippen LogP contribution in [0.4, 0.5) is 14.5 Å². The third-order valence-electron chi connectivity index (χ3n) is 5.03. The Kier molecular flexibility index (Phi) is 6.43. The van der Waals surface area contributed by atoms with Crippen molar-refractivity contribution in [2.75, 3.05) is 38.2 Å².